The molecule has 34 heavy (non-hydrogen) atoms. The summed E-state index contributed by atoms with van der Waals surface area (Å²) in [5.41, 5.74) is 2.08. The molecule has 0 bridgehead atoms. The van der Waals surface area contributed by atoms with Gasteiger partial charge in [-0.15, -0.1) is 0 Å². The number of carbonyl (C=O) groups is 2. The van der Waals surface area contributed by atoms with Gasteiger partial charge in [0.15, 0.2) is 0 Å². The van der Waals surface area contributed by atoms with Crippen LogP contribution >= 0.6 is 0 Å². The van der Waals surface area contributed by atoms with E-state index in [0.717, 1.165) is 24.8 Å². The summed E-state index contributed by atoms with van der Waals surface area (Å²) >= 11 is 0. The van der Waals surface area contributed by atoms with E-state index in [4.69, 9.17) is 0 Å². The molecule has 0 aliphatic carbocycles. The molecule has 2 amide bonds. The number of hydrogen-bond donors (Lipinski definition) is 1. The van der Waals surface area contributed by atoms with E-state index in [1.165, 1.54) is 9.21 Å². The smallest absolute Gasteiger partial charge is 0.244 e. The van der Waals surface area contributed by atoms with Crippen LogP contribution in [0.2, 0.25) is 0 Å². The minimum atomic E-state index is -3.64. The van der Waals surface area contributed by atoms with Crippen LogP contribution in [0.4, 0.5) is 11.4 Å². The lowest BCUT2D eigenvalue weighted by Crippen LogP contribution is -2.40. The molecule has 1 N–H and O–H groups in total. The molecule has 7 nitrogen and oxygen atoms in total. The molecule has 0 spiro atoms. The Morgan fingerprint density at radius 3 is 2.50 bits per heavy atom. The van der Waals surface area contributed by atoms with Gasteiger partial charge in [-0.05, 0) is 80.5 Å². The first kappa shape index (κ1) is 24.4. The molecule has 0 atom stereocenters. The minimum absolute atomic E-state index is 0.137. The van der Waals surface area contributed by atoms with Crippen molar-refractivity contribution in [1.82, 2.24) is 4.31 Å². The van der Waals surface area contributed by atoms with Gasteiger partial charge in [0, 0.05) is 24.5 Å². The topological polar surface area (TPSA) is 86.8 Å². The molecule has 2 heterocycles. The first-order valence-electron chi connectivity index (χ1n) is 11.9. The fraction of sp³-hybridized carbons (Fsp3) is 0.462. The van der Waals surface area contributed by atoms with Gasteiger partial charge in [0.2, 0.25) is 21.8 Å². The molecular weight excluding hydrogens is 450 g/mol. The zero-order valence-corrected chi connectivity index (χ0v) is 21.1. The van der Waals surface area contributed by atoms with E-state index in [-0.39, 0.29) is 23.3 Å². The highest BCUT2D eigenvalue weighted by atomic mass is 32.2. The number of anilines is 2. The molecule has 1 saturated heterocycles. The van der Waals surface area contributed by atoms with E-state index in [1.807, 2.05) is 31.2 Å². The van der Waals surface area contributed by atoms with Gasteiger partial charge in [0.25, 0.3) is 0 Å². The molecule has 2 aliphatic rings. The Labute approximate surface area is 202 Å². The van der Waals surface area contributed by atoms with Gasteiger partial charge < -0.3 is 10.2 Å². The lowest BCUT2D eigenvalue weighted by atomic mass is 9.86. The summed E-state index contributed by atoms with van der Waals surface area (Å²) in [7, 11) is -3.64. The van der Waals surface area contributed by atoms with Crippen molar-refractivity contribution in [2.75, 3.05) is 29.9 Å². The molecule has 2 aromatic rings. The minimum Gasteiger partial charge on any atom is -0.325 e. The number of rotatable bonds is 6. The van der Waals surface area contributed by atoms with Crippen molar-refractivity contribution in [2.45, 2.75) is 57.3 Å². The van der Waals surface area contributed by atoms with Crippen molar-refractivity contribution in [3.63, 3.8) is 0 Å². The van der Waals surface area contributed by atoms with E-state index in [1.54, 1.807) is 32.0 Å². The van der Waals surface area contributed by atoms with Crippen LogP contribution in [0.25, 0.3) is 0 Å². The average molecular weight is 484 g/mol. The van der Waals surface area contributed by atoms with Crippen LogP contribution in [0.1, 0.15) is 51.7 Å². The van der Waals surface area contributed by atoms with E-state index >= 15 is 0 Å². The van der Waals surface area contributed by atoms with Crippen molar-refractivity contribution in [3.8, 4) is 0 Å². The number of aryl methyl sites for hydroxylation is 1. The second kappa shape index (κ2) is 9.15. The molecule has 2 aromatic carbocycles. The maximum absolute atomic E-state index is 13.3. The molecular formula is C26H33N3O4S. The molecule has 1 fully saturated rings. The Hall–Kier alpha value is -2.71. The number of sulfonamides is 1. The van der Waals surface area contributed by atoms with E-state index in [2.05, 4.69) is 12.2 Å². The maximum Gasteiger partial charge on any atom is 0.244 e. The van der Waals surface area contributed by atoms with Crippen LogP contribution in [0.5, 0.6) is 0 Å². The fourth-order valence-corrected chi connectivity index (χ4v) is 6.21. The van der Waals surface area contributed by atoms with Crippen LogP contribution < -0.4 is 10.2 Å². The van der Waals surface area contributed by atoms with E-state index in [0.29, 0.717) is 35.9 Å². The fourth-order valence-electron chi connectivity index (χ4n) is 4.72. The van der Waals surface area contributed by atoms with Gasteiger partial charge in [-0.2, -0.15) is 4.31 Å². The number of piperidine rings is 1. The van der Waals surface area contributed by atoms with Crippen LogP contribution in [-0.4, -0.2) is 44.2 Å². The van der Waals surface area contributed by atoms with Crippen LogP contribution in [0.3, 0.4) is 0 Å². The van der Waals surface area contributed by atoms with Gasteiger partial charge in [0.1, 0.15) is 6.54 Å². The second-order valence-corrected chi connectivity index (χ2v) is 11.8. The number of hydrogen-bond acceptors (Lipinski definition) is 4. The van der Waals surface area contributed by atoms with Crippen LogP contribution in [0, 0.1) is 5.92 Å². The van der Waals surface area contributed by atoms with Crippen molar-refractivity contribution >= 4 is 33.2 Å². The Kier molecular flexibility index (Phi) is 6.57. The lowest BCUT2D eigenvalue weighted by Gasteiger charge is -2.29. The monoisotopic (exact) mass is 483 g/mol. The quantitative estimate of drug-likeness (QED) is 0.674. The van der Waals surface area contributed by atoms with Crippen LogP contribution in [0.15, 0.2) is 47.4 Å². The van der Waals surface area contributed by atoms with Crippen molar-refractivity contribution in [1.29, 1.82) is 0 Å². The predicted molar refractivity (Wildman–Crippen MR) is 133 cm³/mol. The SMILES string of the molecule is CCc1cccc(NC(=O)CN2C(=O)C(C)(C)c3cc(S(=O)(=O)N4CCC(C)CC4)ccc32)c1. The van der Waals surface area contributed by atoms with Gasteiger partial charge in [-0.25, -0.2) is 8.42 Å². The van der Waals surface area contributed by atoms with E-state index < -0.39 is 15.4 Å². The highest BCUT2D eigenvalue weighted by Gasteiger charge is 2.45. The Morgan fingerprint density at radius 1 is 1.12 bits per heavy atom. The molecule has 182 valence electrons. The predicted octanol–water partition coefficient (Wildman–Crippen LogP) is 3.93. The first-order valence-corrected chi connectivity index (χ1v) is 13.3. The number of nitrogens with zero attached hydrogens (tertiary/aromatic N) is 2. The highest BCUT2D eigenvalue weighted by molar-refractivity contribution is 7.89. The second-order valence-electron chi connectivity index (χ2n) is 9.88. The third-order valence-electron chi connectivity index (χ3n) is 7.01. The Balaban J connectivity index is 1.58. The third-order valence-corrected chi connectivity index (χ3v) is 8.91. The average Bonchev–Trinajstić information content (AvgIpc) is 2.99. The molecule has 2 aliphatic heterocycles. The van der Waals surface area contributed by atoms with Gasteiger partial charge in [0.05, 0.1) is 10.3 Å². The molecule has 0 unspecified atom stereocenters. The molecule has 8 heteroatoms. The number of carbonyl (C=O) groups excluding carboxylic acids is 2. The highest BCUT2D eigenvalue weighted by Crippen LogP contribution is 2.43. The Bertz CT molecular complexity index is 1210. The normalized spacial score (nSPS) is 18.7. The largest absolute Gasteiger partial charge is 0.325 e. The summed E-state index contributed by atoms with van der Waals surface area (Å²) in [6.07, 6.45) is 2.55. The van der Waals surface area contributed by atoms with Crippen molar-refractivity contribution < 1.29 is 18.0 Å². The van der Waals surface area contributed by atoms with Crippen molar-refractivity contribution in [2.24, 2.45) is 5.92 Å². The standard InChI is InChI=1S/C26H33N3O4S/c1-5-19-7-6-8-20(15-19)27-24(30)17-29-23-10-9-21(16-22(23)26(3,4)25(29)31)34(32,33)28-13-11-18(2)12-14-28/h6-10,15-16,18H,5,11-14,17H2,1-4H3,(H,27,30). The molecule has 4 rings (SSSR count). The zero-order chi connectivity index (χ0) is 24.7. The number of amides is 2. The number of fused-ring (bicyclic) bond motifs is 1. The summed E-state index contributed by atoms with van der Waals surface area (Å²) in [6, 6.07) is 12.4. The lowest BCUT2D eigenvalue weighted by molar-refractivity contribution is -0.124. The molecule has 0 radical (unpaired) electrons. The van der Waals surface area contributed by atoms with Crippen molar-refractivity contribution in [3.05, 3.63) is 53.6 Å². The van der Waals surface area contributed by atoms with Gasteiger partial charge in [-0.3, -0.25) is 9.59 Å². The third kappa shape index (κ3) is 4.49. The summed E-state index contributed by atoms with van der Waals surface area (Å²) in [5.74, 6) is -0.00197. The summed E-state index contributed by atoms with van der Waals surface area (Å²) in [4.78, 5) is 27.7. The van der Waals surface area contributed by atoms with E-state index in [9.17, 15) is 18.0 Å². The first-order chi connectivity index (χ1) is 16.0. The zero-order valence-electron chi connectivity index (χ0n) is 20.3. The number of benzene rings is 2. The summed E-state index contributed by atoms with van der Waals surface area (Å²) in [5, 5.41) is 2.87. The van der Waals surface area contributed by atoms with Crippen LogP contribution in [-0.2, 0) is 31.4 Å². The summed E-state index contributed by atoms with van der Waals surface area (Å²) < 4.78 is 28.1. The molecule has 0 aromatic heterocycles. The van der Waals surface area contributed by atoms with Gasteiger partial charge >= 0.3 is 0 Å². The maximum atomic E-state index is 13.3. The summed E-state index contributed by atoms with van der Waals surface area (Å²) in [6.45, 7) is 8.61. The molecule has 0 saturated carbocycles. The Morgan fingerprint density at radius 2 is 1.82 bits per heavy atom. The number of nitrogens with one attached hydrogen (secondary N) is 1. The van der Waals surface area contributed by atoms with Gasteiger partial charge in [-0.1, -0.05) is 26.0 Å².